The number of carbonyl (C=O) groups excluding carboxylic acids is 2. The number of benzene rings is 2. The molecular weight excluding hydrogens is 408 g/mol. The first-order valence-corrected chi connectivity index (χ1v) is 10.3. The fraction of sp³-hybridized carbons (Fsp3) is 0.292. The number of carbonyl (C=O) groups is 2. The van der Waals surface area contributed by atoms with E-state index >= 15 is 0 Å². The van der Waals surface area contributed by atoms with Gasteiger partial charge in [0, 0.05) is 24.7 Å². The minimum atomic E-state index is -1.23. The van der Waals surface area contributed by atoms with Crippen molar-refractivity contribution in [2.24, 2.45) is 0 Å². The fourth-order valence-corrected chi connectivity index (χ4v) is 4.00. The van der Waals surface area contributed by atoms with Gasteiger partial charge in [-0.2, -0.15) is 5.10 Å². The van der Waals surface area contributed by atoms with Crippen LogP contribution >= 0.6 is 0 Å². The Kier molecular flexibility index (Phi) is 5.61. The summed E-state index contributed by atoms with van der Waals surface area (Å²) in [6.45, 7) is 4.13. The quantitative estimate of drug-likeness (QED) is 0.645. The molecule has 0 saturated heterocycles. The predicted molar refractivity (Wildman–Crippen MR) is 120 cm³/mol. The molecule has 1 aliphatic rings. The molecular formula is C24H26N4O4. The second-order valence-corrected chi connectivity index (χ2v) is 7.98. The third-order valence-electron chi connectivity index (χ3n) is 5.65. The summed E-state index contributed by atoms with van der Waals surface area (Å²) in [6, 6.07) is 16.5. The lowest BCUT2D eigenvalue weighted by Crippen LogP contribution is -2.64. The first kappa shape index (κ1) is 21.4. The topological polar surface area (TPSA) is 85.7 Å². The van der Waals surface area contributed by atoms with E-state index in [0.717, 1.165) is 5.56 Å². The Hall–Kier alpha value is -3.81. The average Bonchev–Trinajstić information content (AvgIpc) is 3.17. The molecule has 4 rings (SSSR count). The van der Waals surface area contributed by atoms with Crippen LogP contribution in [0.15, 0.2) is 54.6 Å². The molecule has 8 nitrogen and oxygen atoms in total. The maximum absolute atomic E-state index is 13.6. The molecule has 0 radical (unpaired) electrons. The second kappa shape index (κ2) is 8.37. The first-order chi connectivity index (χ1) is 15.4. The van der Waals surface area contributed by atoms with Crippen LogP contribution in [0.3, 0.4) is 0 Å². The maximum Gasteiger partial charge on any atom is 0.277 e. The van der Waals surface area contributed by atoms with Gasteiger partial charge in [0.05, 0.1) is 32.1 Å². The lowest BCUT2D eigenvalue weighted by Gasteiger charge is -2.43. The Morgan fingerprint density at radius 3 is 2.38 bits per heavy atom. The van der Waals surface area contributed by atoms with E-state index in [1.165, 1.54) is 4.90 Å². The summed E-state index contributed by atoms with van der Waals surface area (Å²) >= 11 is 0. The van der Waals surface area contributed by atoms with Gasteiger partial charge in [-0.15, -0.1) is 0 Å². The molecule has 0 aliphatic carbocycles. The van der Waals surface area contributed by atoms with Crippen LogP contribution < -0.4 is 19.7 Å². The highest BCUT2D eigenvalue weighted by Crippen LogP contribution is 2.37. The largest absolute Gasteiger partial charge is 0.497 e. The Bertz CT molecular complexity index is 1140. The predicted octanol–water partition coefficient (Wildman–Crippen LogP) is 2.94. The highest BCUT2D eigenvalue weighted by molar-refractivity contribution is 6.12. The number of anilines is 1. The number of nitrogens with one attached hydrogen (secondary N) is 1. The molecule has 1 N–H and O–H groups in total. The summed E-state index contributed by atoms with van der Waals surface area (Å²) in [4.78, 5) is 28.7. The van der Waals surface area contributed by atoms with Crippen LogP contribution in [-0.4, -0.2) is 41.4 Å². The van der Waals surface area contributed by atoms with Gasteiger partial charge in [0.15, 0.2) is 0 Å². The van der Waals surface area contributed by atoms with Crippen molar-refractivity contribution in [1.29, 1.82) is 0 Å². The highest BCUT2D eigenvalue weighted by Gasteiger charge is 2.49. The lowest BCUT2D eigenvalue weighted by molar-refractivity contribution is -0.126. The number of hydrogen-bond acceptors (Lipinski definition) is 5. The number of nitrogens with zero attached hydrogens (tertiary/aromatic N) is 3. The van der Waals surface area contributed by atoms with Crippen molar-refractivity contribution < 1.29 is 19.1 Å². The number of ether oxygens (including phenoxy) is 2. The van der Waals surface area contributed by atoms with Gasteiger partial charge in [-0.3, -0.25) is 19.2 Å². The number of amides is 2. The van der Waals surface area contributed by atoms with E-state index in [4.69, 9.17) is 9.47 Å². The van der Waals surface area contributed by atoms with Crippen molar-refractivity contribution in [2.75, 3.05) is 19.1 Å². The SMILES string of the molecule is COc1cc(OC)cc(N2C(=O)c3cc(C)nn3CC2(C)C(=O)NCc2ccccc2)c1. The van der Waals surface area contributed by atoms with Gasteiger partial charge in [-0.25, -0.2) is 0 Å². The van der Waals surface area contributed by atoms with Crippen LogP contribution in [0.2, 0.25) is 0 Å². The molecule has 2 aromatic carbocycles. The molecule has 0 spiro atoms. The van der Waals surface area contributed by atoms with Crippen molar-refractivity contribution in [3.63, 3.8) is 0 Å². The summed E-state index contributed by atoms with van der Waals surface area (Å²) in [5, 5.41) is 7.42. The third kappa shape index (κ3) is 3.79. The van der Waals surface area contributed by atoms with Gasteiger partial charge in [0.1, 0.15) is 22.7 Å². The Balaban J connectivity index is 1.77. The van der Waals surface area contributed by atoms with Crippen LogP contribution in [0.25, 0.3) is 0 Å². The van der Waals surface area contributed by atoms with Crippen molar-refractivity contribution in [1.82, 2.24) is 15.1 Å². The van der Waals surface area contributed by atoms with E-state index in [0.29, 0.717) is 35.1 Å². The molecule has 0 saturated carbocycles. The van der Waals surface area contributed by atoms with E-state index in [2.05, 4.69) is 10.4 Å². The van der Waals surface area contributed by atoms with Crippen molar-refractivity contribution in [2.45, 2.75) is 32.5 Å². The van der Waals surface area contributed by atoms with Gasteiger partial charge in [-0.1, -0.05) is 30.3 Å². The number of rotatable bonds is 6. The fourth-order valence-electron chi connectivity index (χ4n) is 4.00. The number of fused-ring (bicyclic) bond motifs is 1. The minimum absolute atomic E-state index is 0.210. The zero-order valence-corrected chi connectivity index (χ0v) is 18.6. The molecule has 1 aliphatic heterocycles. The van der Waals surface area contributed by atoms with E-state index < -0.39 is 5.54 Å². The normalized spacial score (nSPS) is 17.6. The van der Waals surface area contributed by atoms with Crippen LogP contribution in [0.4, 0.5) is 5.69 Å². The molecule has 0 bridgehead atoms. The van der Waals surface area contributed by atoms with E-state index in [9.17, 15) is 9.59 Å². The monoisotopic (exact) mass is 434 g/mol. The molecule has 32 heavy (non-hydrogen) atoms. The Labute approximate surface area is 186 Å². The molecule has 1 unspecified atom stereocenters. The molecule has 166 valence electrons. The first-order valence-electron chi connectivity index (χ1n) is 10.3. The Morgan fingerprint density at radius 2 is 1.75 bits per heavy atom. The number of hydrogen-bond donors (Lipinski definition) is 1. The summed E-state index contributed by atoms with van der Waals surface area (Å²) in [5.41, 5.74) is 1.39. The lowest BCUT2D eigenvalue weighted by atomic mass is 9.93. The van der Waals surface area contributed by atoms with Crippen LogP contribution in [0.5, 0.6) is 11.5 Å². The maximum atomic E-state index is 13.6. The molecule has 1 aromatic heterocycles. The van der Waals surface area contributed by atoms with Crippen molar-refractivity contribution in [3.8, 4) is 11.5 Å². The standard InChI is InChI=1S/C24H26N4O4/c1-16-10-21-22(29)28(18-11-19(31-3)13-20(12-18)32-4)24(2,15-27(21)26-16)23(30)25-14-17-8-6-5-7-9-17/h5-13H,14-15H2,1-4H3,(H,25,30). The third-order valence-corrected chi connectivity index (χ3v) is 5.65. The smallest absolute Gasteiger partial charge is 0.277 e. The van der Waals surface area contributed by atoms with Gasteiger partial charge in [0.2, 0.25) is 5.91 Å². The van der Waals surface area contributed by atoms with Gasteiger partial charge < -0.3 is 14.8 Å². The molecule has 2 amide bonds. The van der Waals surface area contributed by atoms with E-state index in [1.807, 2.05) is 37.3 Å². The number of methoxy groups -OCH3 is 2. The summed E-state index contributed by atoms with van der Waals surface area (Å²) in [6.07, 6.45) is 0. The summed E-state index contributed by atoms with van der Waals surface area (Å²) in [5.74, 6) is 0.448. The Morgan fingerprint density at radius 1 is 1.09 bits per heavy atom. The molecule has 0 fully saturated rings. The number of aryl methyl sites for hydroxylation is 1. The molecule has 2 heterocycles. The number of aromatic nitrogens is 2. The van der Waals surface area contributed by atoms with Crippen molar-refractivity contribution in [3.05, 3.63) is 71.5 Å². The van der Waals surface area contributed by atoms with Gasteiger partial charge in [0.25, 0.3) is 5.91 Å². The molecule has 1 atom stereocenters. The second-order valence-electron chi connectivity index (χ2n) is 7.98. The average molecular weight is 434 g/mol. The summed E-state index contributed by atoms with van der Waals surface area (Å²) in [7, 11) is 3.08. The summed E-state index contributed by atoms with van der Waals surface area (Å²) < 4.78 is 12.4. The van der Waals surface area contributed by atoms with E-state index in [-0.39, 0.29) is 18.4 Å². The van der Waals surface area contributed by atoms with Crippen LogP contribution in [0, 0.1) is 6.92 Å². The zero-order chi connectivity index (χ0) is 22.9. The van der Waals surface area contributed by atoms with E-state index in [1.54, 1.807) is 50.1 Å². The molecule has 8 heteroatoms. The zero-order valence-electron chi connectivity index (χ0n) is 18.6. The van der Waals surface area contributed by atoms with Crippen molar-refractivity contribution >= 4 is 17.5 Å². The molecule has 3 aromatic rings. The van der Waals surface area contributed by atoms with Crippen LogP contribution in [-0.2, 0) is 17.9 Å². The highest BCUT2D eigenvalue weighted by atomic mass is 16.5. The van der Waals surface area contributed by atoms with Crippen LogP contribution in [0.1, 0.15) is 28.7 Å². The van der Waals surface area contributed by atoms with Gasteiger partial charge >= 0.3 is 0 Å². The van der Waals surface area contributed by atoms with Gasteiger partial charge in [-0.05, 0) is 25.5 Å². The minimum Gasteiger partial charge on any atom is -0.497 e.